The Morgan fingerprint density at radius 2 is 1.97 bits per heavy atom. The molecule has 0 saturated carbocycles. The molecule has 9 heteroatoms. The van der Waals surface area contributed by atoms with Gasteiger partial charge >= 0.3 is 0 Å². The van der Waals surface area contributed by atoms with Crippen LogP contribution in [-0.2, 0) is 11.2 Å². The summed E-state index contributed by atoms with van der Waals surface area (Å²) in [6, 6.07) is 14.3. The van der Waals surface area contributed by atoms with Crippen LogP contribution in [0, 0.1) is 0 Å². The molecule has 4 aromatic rings. The molecule has 2 N–H and O–H groups in total. The smallest absolute Gasteiger partial charge is 0.259 e. The Labute approximate surface area is 177 Å². The fourth-order valence-corrected chi connectivity index (χ4v) is 3.12. The Bertz CT molecular complexity index is 1290. The van der Waals surface area contributed by atoms with Gasteiger partial charge in [0.2, 0.25) is 17.6 Å². The summed E-state index contributed by atoms with van der Waals surface area (Å²) in [5.41, 5.74) is 1.22. The van der Waals surface area contributed by atoms with E-state index >= 15 is 0 Å². The predicted octanol–water partition coefficient (Wildman–Crippen LogP) is 3.17. The van der Waals surface area contributed by atoms with Gasteiger partial charge in [0.05, 0.1) is 25.5 Å². The third-order valence-electron chi connectivity index (χ3n) is 4.71. The molecular weight excluding hydrogens is 400 g/mol. The first kappa shape index (κ1) is 20.1. The molecule has 0 bridgehead atoms. The summed E-state index contributed by atoms with van der Waals surface area (Å²) in [6.07, 6.45) is 0.326. The molecule has 0 aliphatic heterocycles. The van der Waals surface area contributed by atoms with Gasteiger partial charge in [0.15, 0.2) is 0 Å². The number of fused-ring (bicyclic) bond motifs is 1. The fourth-order valence-electron chi connectivity index (χ4n) is 3.12. The van der Waals surface area contributed by atoms with Crippen LogP contribution >= 0.6 is 0 Å². The van der Waals surface area contributed by atoms with Crippen molar-refractivity contribution in [2.24, 2.45) is 0 Å². The maximum Gasteiger partial charge on any atom is 0.259 e. The lowest BCUT2D eigenvalue weighted by atomic mass is 10.1. The summed E-state index contributed by atoms with van der Waals surface area (Å²) in [5.74, 6) is 1.30. The van der Waals surface area contributed by atoms with Crippen LogP contribution in [0.1, 0.15) is 12.3 Å². The molecule has 0 spiro atoms. The quantitative estimate of drug-likeness (QED) is 0.471. The Hall–Kier alpha value is -4.14. The van der Waals surface area contributed by atoms with E-state index < -0.39 is 0 Å². The van der Waals surface area contributed by atoms with Crippen molar-refractivity contribution in [2.75, 3.05) is 19.5 Å². The van der Waals surface area contributed by atoms with Gasteiger partial charge in [-0.1, -0.05) is 23.4 Å². The van der Waals surface area contributed by atoms with Crippen molar-refractivity contribution in [2.45, 2.75) is 12.8 Å². The van der Waals surface area contributed by atoms with Gasteiger partial charge in [0.25, 0.3) is 5.56 Å². The molecule has 2 aromatic heterocycles. The molecule has 2 heterocycles. The van der Waals surface area contributed by atoms with Gasteiger partial charge < -0.3 is 24.3 Å². The number of aromatic nitrogens is 3. The third kappa shape index (κ3) is 4.40. The molecule has 0 atom stereocenters. The van der Waals surface area contributed by atoms with Crippen molar-refractivity contribution in [3.05, 3.63) is 64.8 Å². The van der Waals surface area contributed by atoms with E-state index in [0.29, 0.717) is 22.7 Å². The van der Waals surface area contributed by atoms with Gasteiger partial charge in [-0.3, -0.25) is 9.59 Å². The van der Waals surface area contributed by atoms with E-state index in [1.807, 2.05) is 24.3 Å². The zero-order valence-electron chi connectivity index (χ0n) is 17.0. The van der Waals surface area contributed by atoms with Crippen LogP contribution in [0.15, 0.2) is 57.8 Å². The Morgan fingerprint density at radius 3 is 2.77 bits per heavy atom. The number of benzene rings is 2. The minimum atomic E-state index is -0.311. The number of aromatic amines is 1. The average molecular weight is 420 g/mol. The number of carbonyl (C=O) groups is 1. The first-order valence-electron chi connectivity index (χ1n) is 9.54. The predicted molar refractivity (Wildman–Crippen MR) is 114 cm³/mol. The monoisotopic (exact) mass is 420 g/mol. The maximum atomic E-state index is 12.4. The fraction of sp³-hybridized carbons (Fsp3) is 0.182. The molecule has 0 unspecified atom stereocenters. The van der Waals surface area contributed by atoms with Gasteiger partial charge in [0.1, 0.15) is 11.5 Å². The highest BCUT2D eigenvalue weighted by atomic mass is 16.5. The number of para-hydroxylation sites is 1. The van der Waals surface area contributed by atoms with Gasteiger partial charge in [-0.05, 0) is 29.7 Å². The standard InChI is InChI=1S/C22H20N4O5/c1-29-14-7-8-18(30-2)17(12-14)23-19(27)9-10-20-25-21(26-31-20)15-11-13-5-3-4-6-16(13)24-22(15)28/h3-8,11-12H,9-10H2,1-2H3,(H,23,27)(H,24,28). The summed E-state index contributed by atoms with van der Waals surface area (Å²) in [7, 11) is 3.06. The van der Waals surface area contributed by atoms with Crippen molar-refractivity contribution >= 4 is 22.5 Å². The Kier molecular flexibility index (Phi) is 5.65. The van der Waals surface area contributed by atoms with Crippen LogP contribution in [0.2, 0.25) is 0 Å². The Balaban J connectivity index is 1.45. The van der Waals surface area contributed by atoms with Gasteiger partial charge in [-0.2, -0.15) is 4.98 Å². The minimum absolute atomic E-state index is 0.107. The second-order valence-electron chi connectivity index (χ2n) is 6.73. The van der Waals surface area contributed by atoms with E-state index in [9.17, 15) is 9.59 Å². The number of nitrogens with one attached hydrogen (secondary N) is 2. The highest BCUT2D eigenvalue weighted by molar-refractivity contribution is 5.92. The minimum Gasteiger partial charge on any atom is -0.497 e. The molecule has 1 amide bonds. The van der Waals surface area contributed by atoms with E-state index in [1.165, 1.54) is 7.11 Å². The van der Waals surface area contributed by atoms with Crippen molar-refractivity contribution in [3.63, 3.8) is 0 Å². The average Bonchev–Trinajstić information content (AvgIpc) is 3.26. The van der Waals surface area contributed by atoms with Crippen LogP contribution in [0.25, 0.3) is 22.3 Å². The number of pyridine rings is 1. The largest absolute Gasteiger partial charge is 0.497 e. The van der Waals surface area contributed by atoms with Crippen molar-refractivity contribution in [3.8, 4) is 22.9 Å². The molecule has 0 fully saturated rings. The normalized spacial score (nSPS) is 10.8. The van der Waals surface area contributed by atoms with Gasteiger partial charge in [-0.25, -0.2) is 0 Å². The zero-order valence-corrected chi connectivity index (χ0v) is 17.0. The van der Waals surface area contributed by atoms with Crippen LogP contribution in [0.5, 0.6) is 11.5 Å². The maximum absolute atomic E-state index is 12.4. The van der Waals surface area contributed by atoms with Crippen LogP contribution in [0.4, 0.5) is 5.69 Å². The highest BCUT2D eigenvalue weighted by Crippen LogP contribution is 2.29. The molecule has 0 aliphatic carbocycles. The SMILES string of the molecule is COc1ccc(OC)c(NC(=O)CCc2nc(-c3cc4ccccc4[nH]c3=O)no2)c1. The summed E-state index contributed by atoms with van der Waals surface area (Å²) in [4.78, 5) is 31.8. The first-order valence-corrected chi connectivity index (χ1v) is 9.54. The van der Waals surface area contributed by atoms with E-state index in [4.69, 9.17) is 14.0 Å². The van der Waals surface area contributed by atoms with Gasteiger partial charge in [0, 0.05) is 24.4 Å². The lowest BCUT2D eigenvalue weighted by molar-refractivity contribution is -0.116. The number of ether oxygens (including phenoxy) is 2. The molecule has 0 saturated heterocycles. The number of aryl methyl sites for hydroxylation is 1. The lowest BCUT2D eigenvalue weighted by Crippen LogP contribution is -2.13. The van der Waals surface area contributed by atoms with Crippen molar-refractivity contribution < 1.29 is 18.8 Å². The second kappa shape index (κ2) is 8.70. The van der Waals surface area contributed by atoms with Crippen LogP contribution in [-0.4, -0.2) is 35.3 Å². The Morgan fingerprint density at radius 1 is 1.13 bits per heavy atom. The zero-order chi connectivity index (χ0) is 21.8. The number of anilines is 1. The second-order valence-corrected chi connectivity index (χ2v) is 6.73. The summed E-state index contributed by atoms with van der Waals surface area (Å²) in [5, 5.41) is 7.53. The van der Waals surface area contributed by atoms with E-state index in [1.54, 1.807) is 31.4 Å². The number of H-pyrrole nitrogens is 1. The number of methoxy groups -OCH3 is 2. The number of carbonyl (C=O) groups excluding carboxylic acids is 1. The van der Waals surface area contributed by atoms with E-state index in [-0.39, 0.29) is 36.0 Å². The molecule has 2 aromatic carbocycles. The van der Waals surface area contributed by atoms with Gasteiger partial charge in [-0.15, -0.1) is 0 Å². The van der Waals surface area contributed by atoms with Crippen LogP contribution < -0.4 is 20.3 Å². The number of amides is 1. The van der Waals surface area contributed by atoms with E-state index in [0.717, 1.165) is 10.9 Å². The first-order chi connectivity index (χ1) is 15.1. The summed E-state index contributed by atoms with van der Waals surface area (Å²) >= 11 is 0. The molecule has 4 rings (SSSR count). The van der Waals surface area contributed by atoms with Crippen molar-refractivity contribution in [1.29, 1.82) is 0 Å². The molecule has 31 heavy (non-hydrogen) atoms. The van der Waals surface area contributed by atoms with E-state index in [2.05, 4.69) is 20.4 Å². The molecule has 0 aliphatic rings. The molecule has 0 radical (unpaired) electrons. The third-order valence-corrected chi connectivity index (χ3v) is 4.71. The van der Waals surface area contributed by atoms with Crippen molar-refractivity contribution in [1.82, 2.24) is 15.1 Å². The summed E-state index contributed by atoms with van der Waals surface area (Å²) < 4.78 is 15.7. The number of hydrogen-bond acceptors (Lipinski definition) is 7. The number of hydrogen-bond donors (Lipinski definition) is 2. The number of rotatable bonds is 7. The highest BCUT2D eigenvalue weighted by Gasteiger charge is 2.15. The molecule has 158 valence electrons. The van der Waals surface area contributed by atoms with Crippen LogP contribution in [0.3, 0.4) is 0 Å². The topological polar surface area (TPSA) is 119 Å². The number of nitrogens with zero attached hydrogens (tertiary/aromatic N) is 2. The molecular formula is C22H20N4O5. The molecule has 9 nitrogen and oxygen atoms in total. The summed E-state index contributed by atoms with van der Waals surface area (Å²) in [6.45, 7) is 0. The lowest BCUT2D eigenvalue weighted by Gasteiger charge is -2.11.